The maximum Gasteiger partial charge on any atom is 0.254 e. The Morgan fingerprint density at radius 3 is 2.95 bits per heavy atom. The molecule has 1 atom stereocenters. The lowest BCUT2D eigenvalue weighted by atomic mass is 10.0. The number of nitrogens with zero attached hydrogens (tertiary/aromatic N) is 1. The standard InChI is InChI=1S/C15H17NO3/c17-9-10-6-7-16(8-10)15(19)13-3-1-2-12-11(13)4-5-14(12)18/h1-3,10,17H,4-9H2/t10-/m0/s1. The zero-order valence-corrected chi connectivity index (χ0v) is 10.8. The molecule has 0 aromatic heterocycles. The van der Waals surface area contributed by atoms with Crippen molar-refractivity contribution in [3.63, 3.8) is 0 Å². The van der Waals surface area contributed by atoms with E-state index in [1.54, 1.807) is 11.0 Å². The highest BCUT2D eigenvalue weighted by Crippen LogP contribution is 2.27. The Kier molecular flexibility index (Phi) is 3.11. The molecule has 1 aliphatic heterocycles. The van der Waals surface area contributed by atoms with E-state index in [1.807, 2.05) is 12.1 Å². The molecule has 1 saturated heterocycles. The molecule has 0 bridgehead atoms. The Bertz CT molecular complexity index is 538. The summed E-state index contributed by atoms with van der Waals surface area (Å²) in [5, 5.41) is 9.14. The predicted molar refractivity (Wildman–Crippen MR) is 70.2 cm³/mol. The van der Waals surface area contributed by atoms with Crippen LogP contribution in [-0.4, -0.2) is 41.4 Å². The smallest absolute Gasteiger partial charge is 0.254 e. The fourth-order valence-electron chi connectivity index (χ4n) is 3.03. The molecule has 2 aliphatic rings. The Morgan fingerprint density at radius 2 is 2.21 bits per heavy atom. The number of carbonyl (C=O) groups is 2. The van der Waals surface area contributed by atoms with Gasteiger partial charge in [-0.25, -0.2) is 0 Å². The molecule has 1 fully saturated rings. The topological polar surface area (TPSA) is 57.6 Å². The number of rotatable bonds is 2. The maximum absolute atomic E-state index is 12.5. The second-order valence-corrected chi connectivity index (χ2v) is 5.34. The summed E-state index contributed by atoms with van der Waals surface area (Å²) in [6, 6.07) is 5.41. The Hall–Kier alpha value is -1.68. The largest absolute Gasteiger partial charge is 0.396 e. The molecule has 100 valence electrons. The first-order chi connectivity index (χ1) is 9.20. The van der Waals surface area contributed by atoms with Crippen molar-refractivity contribution in [2.24, 2.45) is 5.92 Å². The summed E-state index contributed by atoms with van der Waals surface area (Å²) in [5.74, 6) is 0.337. The third-order valence-electron chi connectivity index (χ3n) is 4.14. The monoisotopic (exact) mass is 259 g/mol. The number of ketones is 1. The summed E-state index contributed by atoms with van der Waals surface area (Å²) >= 11 is 0. The van der Waals surface area contributed by atoms with E-state index >= 15 is 0 Å². The minimum Gasteiger partial charge on any atom is -0.396 e. The van der Waals surface area contributed by atoms with Gasteiger partial charge in [0.25, 0.3) is 5.91 Å². The van der Waals surface area contributed by atoms with E-state index in [4.69, 9.17) is 5.11 Å². The van der Waals surface area contributed by atoms with Gasteiger partial charge in [0, 0.05) is 43.2 Å². The van der Waals surface area contributed by atoms with E-state index in [1.165, 1.54) is 0 Å². The zero-order chi connectivity index (χ0) is 13.4. The molecule has 1 aliphatic carbocycles. The number of amides is 1. The highest BCUT2D eigenvalue weighted by atomic mass is 16.3. The molecule has 3 rings (SSSR count). The van der Waals surface area contributed by atoms with Crippen molar-refractivity contribution in [3.8, 4) is 0 Å². The Labute approximate surface area is 112 Å². The van der Waals surface area contributed by atoms with E-state index in [9.17, 15) is 9.59 Å². The summed E-state index contributed by atoms with van der Waals surface area (Å²) in [7, 11) is 0. The van der Waals surface area contributed by atoms with Crippen LogP contribution in [0.2, 0.25) is 0 Å². The van der Waals surface area contributed by atoms with Crippen LogP contribution in [0.3, 0.4) is 0 Å². The number of Topliss-reactive ketones (excluding diaryl/α,β-unsaturated/α-hetero) is 1. The first-order valence-electron chi connectivity index (χ1n) is 6.76. The van der Waals surface area contributed by atoms with Gasteiger partial charge in [-0.05, 0) is 24.5 Å². The van der Waals surface area contributed by atoms with Gasteiger partial charge in [-0.2, -0.15) is 0 Å². The van der Waals surface area contributed by atoms with E-state index in [0.717, 1.165) is 12.0 Å². The maximum atomic E-state index is 12.5. The normalized spacial score (nSPS) is 21.8. The third kappa shape index (κ3) is 2.06. The highest BCUT2D eigenvalue weighted by Gasteiger charge is 2.30. The zero-order valence-electron chi connectivity index (χ0n) is 10.8. The van der Waals surface area contributed by atoms with Crippen LogP contribution in [0.5, 0.6) is 0 Å². The number of aliphatic hydroxyl groups is 1. The molecule has 4 heteroatoms. The fraction of sp³-hybridized carbons (Fsp3) is 0.467. The fourth-order valence-corrected chi connectivity index (χ4v) is 3.03. The summed E-state index contributed by atoms with van der Waals surface area (Å²) in [6.07, 6.45) is 2.04. The summed E-state index contributed by atoms with van der Waals surface area (Å²) in [5.41, 5.74) is 2.29. The van der Waals surface area contributed by atoms with Crippen LogP contribution in [-0.2, 0) is 6.42 Å². The minimum atomic E-state index is 0.00231. The van der Waals surface area contributed by atoms with Gasteiger partial charge in [0.15, 0.2) is 5.78 Å². The van der Waals surface area contributed by atoms with Crippen molar-refractivity contribution in [1.82, 2.24) is 4.90 Å². The van der Waals surface area contributed by atoms with Crippen LogP contribution < -0.4 is 0 Å². The molecular formula is C15H17NO3. The molecule has 4 nitrogen and oxygen atoms in total. The van der Waals surface area contributed by atoms with Gasteiger partial charge >= 0.3 is 0 Å². The first-order valence-corrected chi connectivity index (χ1v) is 6.76. The van der Waals surface area contributed by atoms with Gasteiger partial charge < -0.3 is 10.0 Å². The van der Waals surface area contributed by atoms with Gasteiger partial charge in [-0.1, -0.05) is 12.1 Å². The number of hydrogen-bond donors (Lipinski definition) is 1. The van der Waals surface area contributed by atoms with Gasteiger partial charge in [0.2, 0.25) is 0 Å². The van der Waals surface area contributed by atoms with Crippen LogP contribution in [0.4, 0.5) is 0 Å². The second-order valence-electron chi connectivity index (χ2n) is 5.34. The molecule has 0 saturated carbocycles. The molecule has 0 unspecified atom stereocenters. The highest BCUT2D eigenvalue weighted by molar-refractivity contribution is 6.05. The minimum absolute atomic E-state index is 0.00231. The third-order valence-corrected chi connectivity index (χ3v) is 4.14. The number of fused-ring (bicyclic) bond motifs is 1. The van der Waals surface area contributed by atoms with Crippen LogP contribution in [0.15, 0.2) is 18.2 Å². The molecule has 1 N–H and O–H groups in total. The molecule has 1 amide bonds. The average Bonchev–Trinajstić information content (AvgIpc) is 3.05. The van der Waals surface area contributed by atoms with E-state index < -0.39 is 0 Å². The molecule has 1 heterocycles. The van der Waals surface area contributed by atoms with Crippen molar-refractivity contribution in [3.05, 3.63) is 34.9 Å². The van der Waals surface area contributed by atoms with Gasteiger partial charge in [-0.3, -0.25) is 9.59 Å². The summed E-state index contributed by atoms with van der Waals surface area (Å²) in [6.45, 7) is 1.45. The Morgan fingerprint density at radius 1 is 1.37 bits per heavy atom. The molecule has 0 radical (unpaired) electrons. The van der Waals surface area contributed by atoms with Gasteiger partial charge in [0.1, 0.15) is 0 Å². The van der Waals surface area contributed by atoms with Gasteiger partial charge in [-0.15, -0.1) is 0 Å². The van der Waals surface area contributed by atoms with Crippen LogP contribution in [0, 0.1) is 5.92 Å². The first kappa shape index (κ1) is 12.4. The lowest BCUT2D eigenvalue weighted by Crippen LogP contribution is -2.30. The number of hydrogen-bond acceptors (Lipinski definition) is 3. The second kappa shape index (κ2) is 4.78. The predicted octanol–water partition coefficient (Wildman–Crippen LogP) is 1.27. The SMILES string of the molecule is O=C1CCc2c1cccc2C(=O)N1CC[C@H](CO)C1. The van der Waals surface area contributed by atoms with Crippen molar-refractivity contribution >= 4 is 11.7 Å². The average molecular weight is 259 g/mol. The van der Waals surface area contributed by atoms with Crippen molar-refractivity contribution < 1.29 is 14.7 Å². The number of carbonyl (C=O) groups excluding carboxylic acids is 2. The van der Waals surface area contributed by atoms with E-state index in [-0.39, 0.29) is 24.2 Å². The number of benzene rings is 1. The van der Waals surface area contributed by atoms with Crippen LogP contribution >= 0.6 is 0 Å². The van der Waals surface area contributed by atoms with Crippen LogP contribution in [0.1, 0.15) is 39.1 Å². The summed E-state index contributed by atoms with van der Waals surface area (Å²) in [4.78, 5) is 26.0. The molecular weight excluding hydrogens is 242 g/mol. The molecule has 19 heavy (non-hydrogen) atoms. The van der Waals surface area contributed by atoms with E-state index in [0.29, 0.717) is 37.1 Å². The molecule has 1 aromatic carbocycles. The molecule has 0 spiro atoms. The summed E-state index contributed by atoms with van der Waals surface area (Å²) < 4.78 is 0. The van der Waals surface area contributed by atoms with Crippen molar-refractivity contribution in [2.45, 2.75) is 19.3 Å². The van der Waals surface area contributed by atoms with E-state index in [2.05, 4.69) is 0 Å². The lowest BCUT2D eigenvalue weighted by Gasteiger charge is -2.18. The van der Waals surface area contributed by atoms with Gasteiger partial charge in [0.05, 0.1) is 0 Å². The lowest BCUT2D eigenvalue weighted by molar-refractivity contribution is 0.0780. The van der Waals surface area contributed by atoms with Crippen LogP contribution in [0.25, 0.3) is 0 Å². The Balaban J connectivity index is 1.87. The quantitative estimate of drug-likeness (QED) is 0.870. The number of aliphatic hydroxyl groups excluding tert-OH is 1. The molecule has 1 aromatic rings. The van der Waals surface area contributed by atoms with Crippen molar-refractivity contribution in [2.75, 3.05) is 19.7 Å². The number of likely N-dealkylation sites (tertiary alicyclic amines) is 1. The van der Waals surface area contributed by atoms with Crippen molar-refractivity contribution in [1.29, 1.82) is 0 Å².